The zero-order chi connectivity index (χ0) is 18.9. The lowest BCUT2D eigenvalue weighted by atomic mass is 9.78. The molecule has 144 valence electrons. The van der Waals surface area contributed by atoms with Crippen LogP contribution in [0, 0.1) is 5.82 Å². The van der Waals surface area contributed by atoms with Gasteiger partial charge in [0.1, 0.15) is 5.82 Å². The first-order valence-corrected chi connectivity index (χ1v) is 9.50. The van der Waals surface area contributed by atoms with Crippen molar-refractivity contribution >= 4 is 12.6 Å². The van der Waals surface area contributed by atoms with Gasteiger partial charge in [0.05, 0.1) is 30.0 Å². The molecule has 1 aliphatic heterocycles. The fourth-order valence-electron chi connectivity index (χ4n) is 3.52. The lowest BCUT2D eigenvalue weighted by molar-refractivity contribution is -0.0363. The summed E-state index contributed by atoms with van der Waals surface area (Å²) in [4.78, 5) is 0. The molecular weight excluding hydrogens is 334 g/mol. The van der Waals surface area contributed by atoms with Crippen molar-refractivity contribution in [1.82, 2.24) is 0 Å². The summed E-state index contributed by atoms with van der Waals surface area (Å²) in [6.45, 7) is 8.31. The maximum atomic E-state index is 14.4. The first kappa shape index (κ1) is 19.8. The van der Waals surface area contributed by atoms with Crippen LogP contribution in [-0.2, 0) is 25.4 Å². The summed E-state index contributed by atoms with van der Waals surface area (Å²) in [6.07, 6.45) is 4.65. The van der Waals surface area contributed by atoms with Crippen molar-refractivity contribution in [1.29, 1.82) is 0 Å². The third kappa shape index (κ3) is 4.14. The minimum absolute atomic E-state index is 0.194. The zero-order valence-electron chi connectivity index (χ0n) is 16.5. The highest BCUT2D eigenvalue weighted by Crippen LogP contribution is 2.36. The van der Waals surface area contributed by atoms with E-state index in [9.17, 15) is 4.39 Å². The Balaban J connectivity index is 1.67. The second-order valence-corrected chi connectivity index (χ2v) is 8.40. The van der Waals surface area contributed by atoms with Crippen molar-refractivity contribution in [2.75, 3.05) is 7.11 Å². The molecule has 0 N–H and O–H groups in total. The Kier molecular flexibility index (Phi) is 5.78. The quantitative estimate of drug-likeness (QED) is 0.749. The molecule has 0 spiro atoms. The highest BCUT2D eigenvalue weighted by atomic mass is 19.1. The van der Waals surface area contributed by atoms with Crippen LogP contribution in [-0.4, -0.2) is 37.6 Å². The average Bonchev–Trinajstić information content (AvgIpc) is 2.82. The molecule has 26 heavy (non-hydrogen) atoms. The number of ether oxygens (including phenoxy) is 2. The van der Waals surface area contributed by atoms with Gasteiger partial charge in [-0.1, -0.05) is 12.1 Å². The van der Waals surface area contributed by atoms with Gasteiger partial charge >= 0.3 is 7.12 Å². The number of rotatable bonds is 5. The van der Waals surface area contributed by atoms with Crippen molar-refractivity contribution in [2.24, 2.45) is 0 Å². The van der Waals surface area contributed by atoms with E-state index in [1.54, 1.807) is 19.2 Å². The Hall–Kier alpha value is -0.945. The largest absolute Gasteiger partial charge is 0.497 e. The number of hydrogen-bond acceptors (Lipinski definition) is 4. The van der Waals surface area contributed by atoms with Crippen LogP contribution in [0.1, 0.15) is 58.9 Å². The van der Waals surface area contributed by atoms with Gasteiger partial charge in [-0.3, -0.25) is 0 Å². The van der Waals surface area contributed by atoms with E-state index in [1.165, 1.54) is 6.07 Å². The first-order chi connectivity index (χ1) is 12.2. The molecule has 2 aliphatic rings. The Morgan fingerprint density at radius 3 is 2.42 bits per heavy atom. The number of halogens is 1. The molecule has 2 atom stereocenters. The minimum Gasteiger partial charge on any atom is -0.399 e. The zero-order valence-corrected chi connectivity index (χ0v) is 16.5. The number of hydrogen-bond donors (Lipinski definition) is 0. The molecule has 1 saturated carbocycles. The molecule has 0 radical (unpaired) electrons. The van der Waals surface area contributed by atoms with Gasteiger partial charge in [-0.05, 0) is 65.0 Å². The van der Waals surface area contributed by atoms with Gasteiger partial charge in [0, 0.05) is 12.6 Å². The molecular formula is C20H30BFO4. The predicted octanol–water partition coefficient (Wildman–Crippen LogP) is 3.60. The maximum absolute atomic E-state index is 14.4. The Morgan fingerprint density at radius 2 is 1.77 bits per heavy atom. The number of methoxy groups -OCH3 is 1. The van der Waals surface area contributed by atoms with E-state index in [-0.39, 0.29) is 18.0 Å². The highest BCUT2D eigenvalue weighted by molar-refractivity contribution is 6.62. The fraction of sp³-hybridized carbons (Fsp3) is 0.700. The van der Waals surface area contributed by atoms with E-state index >= 15 is 0 Å². The van der Waals surface area contributed by atoms with Crippen LogP contribution in [0.3, 0.4) is 0 Å². The van der Waals surface area contributed by atoms with Gasteiger partial charge in [-0.15, -0.1) is 0 Å². The van der Waals surface area contributed by atoms with Crippen LogP contribution < -0.4 is 5.46 Å². The van der Waals surface area contributed by atoms with E-state index in [4.69, 9.17) is 18.8 Å². The summed E-state index contributed by atoms with van der Waals surface area (Å²) in [5.74, 6) is -0.315. The molecule has 4 nitrogen and oxygen atoms in total. The van der Waals surface area contributed by atoms with Gasteiger partial charge in [-0.2, -0.15) is 0 Å². The molecule has 2 fully saturated rings. The van der Waals surface area contributed by atoms with Crippen molar-refractivity contribution in [2.45, 2.75) is 83.4 Å². The van der Waals surface area contributed by atoms with Crippen LogP contribution in [0.4, 0.5) is 4.39 Å². The summed E-state index contributed by atoms with van der Waals surface area (Å²) in [5, 5.41) is 0. The fourth-order valence-corrected chi connectivity index (χ4v) is 3.52. The van der Waals surface area contributed by atoms with Gasteiger partial charge in [0.2, 0.25) is 0 Å². The topological polar surface area (TPSA) is 36.9 Å². The van der Waals surface area contributed by atoms with Crippen molar-refractivity contribution in [3.05, 3.63) is 29.6 Å². The second-order valence-electron chi connectivity index (χ2n) is 8.40. The van der Waals surface area contributed by atoms with Gasteiger partial charge in [-0.25, -0.2) is 4.39 Å². The summed E-state index contributed by atoms with van der Waals surface area (Å²) >= 11 is 0. The van der Waals surface area contributed by atoms with Crippen molar-refractivity contribution < 1.29 is 23.2 Å². The molecule has 1 aliphatic carbocycles. The monoisotopic (exact) mass is 364 g/mol. The lowest BCUT2D eigenvalue weighted by Gasteiger charge is -2.32. The van der Waals surface area contributed by atoms with E-state index in [2.05, 4.69) is 0 Å². The molecule has 1 aromatic rings. The van der Waals surface area contributed by atoms with Crippen molar-refractivity contribution in [3.63, 3.8) is 0 Å². The van der Waals surface area contributed by atoms with E-state index < -0.39 is 18.3 Å². The molecule has 0 aromatic heterocycles. The van der Waals surface area contributed by atoms with Crippen molar-refractivity contribution in [3.8, 4) is 0 Å². The summed E-state index contributed by atoms with van der Waals surface area (Å²) in [5.41, 5.74) is 0.376. The smallest absolute Gasteiger partial charge is 0.399 e. The molecule has 1 aromatic carbocycles. The molecule has 0 bridgehead atoms. The van der Waals surface area contributed by atoms with Crippen LogP contribution in [0.5, 0.6) is 0 Å². The van der Waals surface area contributed by atoms with E-state index in [0.717, 1.165) is 31.2 Å². The Morgan fingerprint density at radius 1 is 1.12 bits per heavy atom. The van der Waals surface area contributed by atoms with E-state index in [0.29, 0.717) is 12.1 Å². The third-order valence-electron chi connectivity index (χ3n) is 5.96. The predicted molar refractivity (Wildman–Crippen MR) is 100.0 cm³/mol. The van der Waals surface area contributed by atoms with Crippen LogP contribution in [0.25, 0.3) is 0 Å². The summed E-state index contributed by atoms with van der Waals surface area (Å²) in [6, 6.07) is 5.03. The summed E-state index contributed by atoms with van der Waals surface area (Å²) in [7, 11) is 1.05. The lowest BCUT2D eigenvalue weighted by Crippen LogP contribution is -2.41. The molecule has 6 heteroatoms. The molecule has 0 amide bonds. The van der Waals surface area contributed by atoms with Crippen LogP contribution in [0.2, 0.25) is 0 Å². The molecule has 1 heterocycles. The number of benzene rings is 1. The van der Waals surface area contributed by atoms with E-state index in [1.807, 2.05) is 27.7 Å². The average molecular weight is 364 g/mol. The molecule has 3 rings (SSSR count). The van der Waals surface area contributed by atoms with Gasteiger partial charge < -0.3 is 18.8 Å². The minimum atomic E-state index is -0.701. The first-order valence-electron chi connectivity index (χ1n) is 9.50. The molecule has 1 saturated heterocycles. The van der Waals surface area contributed by atoms with Gasteiger partial charge in [0.25, 0.3) is 0 Å². The SMILES string of the molecule is COC1CCCC(OCc2ccc(F)c(B3OC(C)(C)C(C)(C)O3)c2)C1. The normalized spacial score (nSPS) is 27.7. The standard InChI is InChI=1S/C20H30BFO4/c1-19(2)20(3,4)26-21(25-19)17-11-14(9-10-18(17)22)13-24-16-8-6-7-15(12-16)23-5/h9-11,15-16H,6-8,12-13H2,1-5H3. The molecule has 2 unspecified atom stereocenters. The highest BCUT2D eigenvalue weighted by Gasteiger charge is 2.52. The Bertz CT molecular complexity index is 618. The maximum Gasteiger partial charge on any atom is 0.497 e. The van der Waals surface area contributed by atoms with Crippen LogP contribution in [0.15, 0.2) is 18.2 Å². The van der Waals surface area contributed by atoms with Gasteiger partial charge in [0.15, 0.2) is 0 Å². The Labute approximate surface area is 156 Å². The third-order valence-corrected chi connectivity index (χ3v) is 5.96. The second kappa shape index (κ2) is 7.59. The summed E-state index contributed by atoms with van der Waals surface area (Å²) < 4.78 is 37.9. The van der Waals surface area contributed by atoms with Crippen LogP contribution >= 0.6 is 0 Å².